The van der Waals surface area contributed by atoms with E-state index in [1.165, 1.54) is 0 Å². The molecule has 0 atom stereocenters. The van der Waals surface area contributed by atoms with Gasteiger partial charge in [-0.3, -0.25) is 0 Å². The quantitative estimate of drug-likeness (QED) is 0.502. The van der Waals surface area contributed by atoms with Gasteiger partial charge in [-0.1, -0.05) is 0 Å². The van der Waals surface area contributed by atoms with E-state index in [0.29, 0.717) is 0 Å². The van der Waals surface area contributed by atoms with Crippen LogP contribution in [0.25, 0.3) is 0 Å². The van der Waals surface area contributed by atoms with Crippen LogP contribution in [0.15, 0.2) is 0 Å². The molecular weight excluding hydrogens is 355 g/mol. The third kappa shape index (κ3) is 8.90. The molecule has 0 aromatic carbocycles. The normalized spacial score (nSPS) is 0. The molecule has 4 heteroatoms. The van der Waals surface area contributed by atoms with Crippen molar-refractivity contribution in [1.29, 1.82) is 0 Å². The predicted octanol–water partition coefficient (Wildman–Crippen LogP) is -0.767. The molecule has 0 aromatic heterocycles. The van der Waals surface area contributed by atoms with Gasteiger partial charge >= 0.3 is 0 Å². The van der Waals surface area contributed by atoms with E-state index in [2.05, 4.69) is 0 Å². The molecule has 0 fully saturated rings. The first-order valence-corrected chi connectivity index (χ1v) is 0. The van der Waals surface area contributed by atoms with E-state index in [1.807, 2.05) is 0 Å². The van der Waals surface area contributed by atoms with E-state index in [9.17, 15) is 0 Å². The van der Waals surface area contributed by atoms with Gasteiger partial charge in [0.25, 0.3) is 0 Å². The average Bonchev–Trinajstić information content (AvgIpc) is 0. The van der Waals surface area contributed by atoms with Crippen LogP contribution in [0.5, 0.6) is 0 Å². The van der Waals surface area contributed by atoms with Crippen LogP contribution >= 0.6 is 0 Å². The third-order valence-electron chi connectivity index (χ3n) is 0. The fourth-order valence-electron chi connectivity index (χ4n) is 0. The van der Waals surface area contributed by atoms with E-state index in [0.717, 1.165) is 0 Å². The molecule has 9 radical (unpaired) electrons. The first-order valence-electron chi connectivity index (χ1n) is 0. The molecule has 4 heavy (non-hydrogen) atoms. The summed E-state index contributed by atoms with van der Waals surface area (Å²) in [7, 11) is 0. The summed E-state index contributed by atoms with van der Waals surface area (Å²) >= 11 is 0. The molecule has 0 spiro atoms. The minimum Gasteiger partial charge on any atom is 0 e. The van der Waals surface area contributed by atoms with Crippen molar-refractivity contribution in [3.63, 3.8) is 0 Å². The zero-order chi connectivity index (χ0) is 0. The SMILES string of the molecule is [Cu].[Fe].[Pb].[Si]. The zero-order valence-corrected chi connectivity index (χ0v) is 8.59. The standard InChI is InChI=1S/Cu.Fe.Pb.Si. The Morgan fingerprint density at radius 1 is 1.00 bits per heavy atom. The predicted molar refractivity (Wildman–Crippen MR) is 11.5 cm³/mol. The van der Waals surface area contributed by atoms with Crippen LogP contribution in [-0.4, -0.2) is 38.3 Å². The Morgan fingerprint density at radius 2 is 1.00 bits per heavy atom. The Morgan fingerprint density at radius 3 is 1.00 bits per heavy atom. The second-order valence-electron chi connectivity index (χ2n) is 0. The maximum absolute atomic E-state index is 0. The Balaban J connectivity index is 0. The zero-order valence-electron chi connectivity index (χ0n) is 1.66. The molecule has 0 unspecified atom stereocenters. The van der Waals surface area contributed by atoms with Crippen LogP contribution in [0.2, 0.25) is 0 Å². The molecule has 0 bridgehead atoms. The molecule has 0 amide bonds. The van der Waals surface area contributed by atoms with Gasteiger partial charge in [-0.2, -0.15) is 0 Å². The van der Waals surface area contributed by atoms with E-state index in [1.54, 1.807) is 0 Å². The van der Waals surface area contributed by atoms with Crippen molar-refractivity contribution in [3.8, 4) is 0 Å². The molecule has 0 aromatic rings. The third-order valence-corrected chi connectivity index (χ3v) is 0. The first-order chi connectivity index (χ1) is 0. The Bertz CT molecular complexity index is 8.00. The average molecular weight is 355 g/mol. The summed E-state index contributed by atoms with van der Waals surface area (Å²) in [6, 6.07) is 0. The van der Waals surface area contributed by atoms with E-state index >= 15 is 0 Å². The molecule has 0 saturated carbocycles. The summed E-state index contributed by atoms with van der Waals surface area (Å²) in [5.41, 5.74) is 0. The van der Waals surface area contributed by atoms with E-state index < -0.39 is 0 Å². The largest absolute Gasteiger partial charge is 0 e. The van der Waals surface area contributed by atoms with Gasteiger partial charge < -0.3 is 0 Å². The minimum absolute atomic E-state index is 0. The molecule has 0 aliphatic heterocycles. The van der Waals surface area contributed by atoms with Crippen LogP contribution in [-0.2, 0) is 34.1 Å². The van der Waals surface area contributed by atoms with Crippen molar-refractivity contribution in [2.45, 2.75) is 0 Å². The molecule has 27 valence electrons. The van der Waals surface area contributed by atoms with Crippen LogP contribution in [0.3, 0.4) is 0 Å². The molecule has 0 aliphatic rings. The van der Waals surface area contributed by atoms with Gasteiger partial charge in [0.15, 0.2) is 0 Å². The summed E-state index contributed by atoms with van der Waals surface area (Å²) in [5, 5.41) is 0. The smallest absolute Gasteiger partial charge is 0 e. The molecular formula is CuFePbSi. The van der Waals surface area contributed by atoms with Crippen LogP contribution in [0.4, 0.5) is 0 Å². The second kappa shape index (κ2) is 19.1. The van der Waals surface area contributed by atoms with Crippen LogP contribution in [0.1, 0.15) is 0 Å². The van der Waals surface area contributed by atoms with Crippen molar-refractivity contribution in [2.24, 2.45) is 0 Å². The number of hydrogen-bond donors (Lipinski definition) is 0. The van der Waals surface area contributed by atoms with Gasteiger partial charge in [0.2, 0.25) is 0 Å². The molecule has 0 saturated heterocycles. The van der Waals surface area contributed by atoms with Gasteiger partial charge in [0.1, 0.15) is 0 Å². The van der Waals surface area contributed by atoms with Crippen molar-refractivity contribution < 1.29 is 34.1 Å². The van der Waals surface area contributed by atoms with Gasteiger partial charge in [0.05, 0.1) is 0 Å². The minimum atomic E-state index is 0. The topological polar surface area (TPSA) is 0 Å². The van der Waals surface area contributed by atoms with Crippen molar-refractivity contribution in [3.05, 3.63) is 0 Å². The van der Waals surface area contributed by atoms with Crippen molar-refractivity contribution in [2.75, 3.05) is 0 Å². The van der Waals surface area contributed by atoms with Crippen LogP contribution < -0.4 is 0 Å². The Kier molecular flexibility index (Phi) is 166. The Labute approximate surface area is 71.6 Å². The summed E-state index contributed by atoms with van der Waals surface area (Å²) in [6.07, 6.45) is 0. The molecule has 0 aliphatic carbocycles. The maximum Gasteiger partial charge on any atom is 0 e. The molecule has 0 heterocycles. The van der Waals surface area contributed by atoms with Gasteiger partial charge in [-0.05, 0) is 0 Å². The summed E-state index contributed by atoms with van der Waals surface area (Å²) in [6.45, 7) is 0. The fraction of sp³-hybridized carbons (Fsp3) is 0. The van der Waals surface area contributed by atoms with Crippen molar-refractivity contribution in [1.82, 2.24) is 0 Å². The maximum atomic E-state index is 0. The van der Waals surface area contributed by atoms with Gasteiger partial charge in [-0.15, -0.1) is 0 Å². The van der Waals surface area contributed by atoms with Crippen LogP contribution in [0, 0.1) is 0 Å². The second-order valence-corrected chi connectivity index (χ2v) is 0. The summed E-state index contributed by atoms with van der Waals surface area (Å²) < 4.78 is 0. The van der Waals surface area contributed by atoms with Gasteiger partial charge in [-0.25, -0.2) is 0 Å². The Hall–Kier alpha value is 2.18. The monoisotopic (exact) mass is 355 g/mol. The number of rotatable bonds is 0. The molecule has 0 N–H and O–H groups in total. The molecule has 0 rings (SSSR count). The van der Waals surface area contributed by atoms with Crippen molar-refractivity contribution >= 4 is 38.3 Å². The first kappa shape index (κ1) is 34.9. The molecule has 0 nitrogen and oxygen atoms in total. The summed E-state index contributed by atoms with van der Waals surface area (Å²) in [5.74, 6) is 0. The fourth-order valence-corrected chi connectivity index (χ4v) is 0. The van der Waals surface area contributed by atoms with E-state index in [4.69, 9.17) is 0 Å². The van der Waals surface area contributed by atoms with E-state index in [-0.39, 0.29) is 72.4 Å². The van der Waals surface area contributed by atoms with Gasteiger partial charge in [0, 0.05) is 72.4 Å². The number of hydrogen-bond acceptors (Lipinski definition) is 0. The summed E-state index contributed by atoms with van der Waals surface area (Å²) in [4.78, 5) is 0.